The molecule has 1 fully saturated rings. The van der Waals surface area contributed by atoms with Crippen molar-refractivity contribution in [2.24, 2.45) is 5.92 Å². The quantitative estimate of drug-likeness (QED) is 0.842. The van der Waals surface area contributed by atoms with Gasteiger partial charge in [-0.1, -0.05) is 18.2 Å². The second kappa shape index (κ2) is 7.47. The highest BCUT2D eigenvalue weighted by molar-refractivity contribution is 7.92. The van der Waals surface area contributed by atoms with Crippen LogP contribution in [-0.4, -0.2) is 27.5 Å². The first-order valence-electron chi connectivity index (χ1n) is 8.44. The van der Waals surface area contributed by atoms with E-state index in [-0.39, 0.29) is 16.7 Å². The molecular formula is C19H22N2O4S. The average Bonchev–Trinajstić information content (AvgIpc) is 3.14. The van der Waals surface area contributed by atoms with Crippen LogP contribution >= 0.6 is 0 Å². The van der Waals surface area contributed by atoms with Crippen LogP contribution < -0.4 is 10.0 Å². The number of ether oxygens (including phenoxy) is 1. The first-order chi connectivity index (χ1) is 12.4. The van der Waals surface area contributed by atoms with E-state index in [1.807, 2.05) is 32.0 Å². The summed E-state index contributed by atoms with van der Waals surface area (Å²) in [6.07, 6.45) is 0.706. The Labute approximate surface area is 153 Å². The number of para-hydroxylation sites is 1. The number of carbonyl (C=O) groups is 1. The number of hydrogen-bond acceptors (Lipinski definition) is 4. The van der Waals surface area contributed by atoms with Crippen molar-refractivity contribution in [2.75, 3.05) is 23.3 Å². The highest BCUT2D eigenvalue weighted by atomic mass is 32.2. The maximum Gasteiger partial charge on any atom is 0.261 e. The smallest absolute Gasteiger partial charge is 0.261 e. The number of carbonyl (C=O) groups excluding carboxylic acids is 1. The first-order valence-corrected chi connectivity index (χ1v) is 9.93. The van der Waals surface area contributed by atoms with Gasteiger partial charge in [-0.15, -0.1) is 0 Å². The van der Waals surface area contributed by atoms with Crippen LogP contribution in [0.4, 0.5) is 11.4 Å². The van der Waals surface area contributed by atoms with E-state index in [4.69, 9.17) is 4.74 Å². The molecule has 0 bridgehead atoms. The Morgan fingerprint density at radius 1 is 1.08 bits per heavy atom. The fourth-order valence-electron chi connectivity index (χ4n) is 2.87. The molecule has 2 N–H and O–H groups in total. The summed E-state index contributed by atoms with van der Waals surface area (Å²) in [5.74, 6) is -0.254. The molecule has 0 radical (unpaired) electrons. The normalized spacial score (nSPS) is 17.1. The number of rotatable bonds is 5. The second-order valence-corrected chi connectivity index (χ2v) is 8.13. The van der Waals surface area contributed by atoms with E-state index in [1.165, 1.54) is 12.1 Å². The third-order valence-corrected chi connectivity index (χ3v) is 5.82. The summed E-state index contributed by atoms with van der Waals surface area (Å²) in [7, 11) is -3.70. The molecule has 1 aliphatic rings. The molecular weight excluding hydrogens is 352 g/mol. The lowest BCUT2D eigenvalue weighted by atomic mass is 10.1. The molecule has 138 valence electrons. The molecule has 6 nitrogen and oxygen atoms in total. The third kappa shape index (κ3) is 4.05. The van der Waals surface area contributed by atoms with Crippen molar-refractivity contribution >= 4 is 27.3 Å². The first kappa shape index (κ1) is 18.4. The van der Waals surface area contributed by atoms with Crippen molar-refractivity contribution in [1.29, 1.82) is 0 Å². The van der Waals surface area contributed by atoms with E-state index in [9.17, 15) is 13.2 Å². The summed E-state index contributed by atoms with van der Waals surface area (Å²) in [4.78, 5) is 12.2. The van der Waals surface area contributed by atoms with E-state index in [2.05, 4.69) is 10.0 Å². The van der Waals surface area contributed by atoms with E-state index < -0.39 is 10.0 Å². The molecule has 7 heteroatoms. The number of amides is 1. The molecule has 1 unspecified atom stereocenters. The van der Waals surface area contributed by atoms with Gasteiger partial charge in [-0.05, 0) is 55.7 Å². The molecule has 26 heavy (non-hydrogen) atoms. The van der Waals surface area contributed by atoms with Crippen LogP contribution in [0.2, 0.25) is 0 Å². The Hall–Kier alpha value is -2.38. The number of sulfonamides is 1. The predicted octanol–water partition coefficient (Wildman–Crippen LogP) is 3.08. The molecule has 2 aromatic carbocycles. The van der Waals surface area contributed by atoms with Crippen molar-refractivity contribution in [1.82, 2.24) is 0 Å². The van der Waals surface area contributed by atoms with Gasteiger partial charge >= 0.3 is 0 Å². The largest absolute Gasteiger partial charge is 0.381 e. The third-order valence-electron chi connectivity index (χ3n) is 4.45. The minimum absolute atomic E-state index is 0.105. The maximum absolute atomic E-state index is 12.6. The monoisotopic (exact) mass is 374 g/mol. The van der Waals surface area contributed by atoms with Gasteiger partial charge in [0.2, 0.25) is 5.91 Å². The zero-order valence-electron chi connectivity index (χ0n) is 14.8. The number of nitrogens with one attached hydrogen (secondary N) is 2. The molecule has 0 saturated carbocycles. The van der Waals surface area contributed by atoms with Gasteiger partial charge in [0.1, 0.15) is 0 Å². The molecule has 1 atom stereocenters. The summed E-state index contributed by atoms with van der Waals surface area (Å²) in [5.41, 5.74) is 2.87. The summed E-state index contributed by atoms with van der Waals surface area (Å²) in [6.45, 7) is 4.74. The standard InChI is InChI=1S/C19H22N2O4S/c1-13-4-3-5-14(2)18(13)21-26(23,24)17-8-6-16(7-9-17)20-19(22)15-10-11-25-12-15/h3-9,15,21H,10-12H2,1-2H3,(H,20,22). The van der Waals surface area contributed by atoms with E-state index in [0.29, 0.717) is 31.0 Å². The molecule has 0 aromatic heterocycles. The summed E-state index contributed by atoms with van der Waals surface area (Å²) < 4.78 is 33.1. The maximum atomic E-state index is 12.6. The summed E-state index contributed by atoms with van der Waals surface area (Å²) in [5, 5.41) is 2.80. The average molecular weight is 374 g/mol. The minimum Gasteiger partial charge on any atom is -0.381 e. The van der Waals surface area contributed by atoms with Gasteiger partial charge in [-0.3, -0.25) is 9.52 Å². The molecule has 0 spiro atoms. The van der Waals surface area contributed by atoms with Crippen molar-refractivity contribution in [3.63, 3.8) is 0 Å². The van der Waals surface area contributed by atoms with Crippen molar-refractivity contribution in [3.05, 3.63) is 53.6 Å². The molecule has 0 aliphatic carbocycles. The van der Waals surface area contributed by atoms with Crippen LogP contribution in [0.3, 0.4) is 0 Å². The van der Waals surface area contributed by atoms with Crippen LogP contribution in [0.5, 0.6) is 0 Å². The minimum atomic E-state index is -3.70. The fourth-order valence-corrected chi connectivity index (χ4v) is 4.07. The zero-order valence-corrected chi connectivity index (χ0v) is 15.6. The van der Waals surface area contributed by atoms with Gasteiger partial charge in [0.15, 0.2) is 0 Å². The molecule has 1 saturated heterocycles. The molecule has 1 heterocycles. The van der Waals surface area contributed by atoms with E-state index in [0.717, 1.165) is 11.1 Å². The van der Waals surface area contributed by atoms with E-state index in [1.54, 1.807) is 12.1 Å². The van der Waals surface area contributed by atoms with Crippen LogP contribution in [-0.2, 0) is 19.6 Å². The van der Waals surface area contributed by atoms with Gasteiger partial charge in [0.25, 0.3) is 10.0 Å². The topological polar surface area (TPSA) is 84.5 Å². The Morgan fingerprint density at radius 2 is 1.73 bits per heavy atom. The van der Waals surface area contributed by atoms with Crippen LogP contribution in [0, 0.1) is 19.8 Å². The Morgan fingerprint density at radius 3 is 2.31 bits per heavy atom. The number of benzene rings is 2. The highest BCUT2D eigenvalue weighted by Crippen LogP contribution is 2.24. The van der Waals surface area contributed by atoms with Crippen LogP contribution in [0.25, 0.3) is 0 Å². The highest BCUT2D eigenvalue weighted by Gasteiger charge is 2.23. The van der Waals surface area contributed by atoms with Gasteiger partial charge < -0.3 is 10.1 Å². The summed E-state index contributed by atoms with van der Waals surface area (Å²) in [6, 6.07) is 11.7. The van der Waals surface area contributed by atoms with Gasteiger partial charge in [0.05, 0.1) is 23.1 Å². The SMILES string of the molecule is Cc1cccc(C)c1NS(=O)(=O)c1ccc(NC(=O)C2CCOC2)cc1. The van der Waals surface area contributed by atoms with Crippen molar-refractivity contribution in [3.8, 4) is 0 Å². The number of anilines is 2. The fraction of sp³-hybridized carbons (Fsp3) is 0.316. The second-order valence-electron chi connectivity index (χ2n) is 6.45. The molecule has 1 amide bonds. The molecule has 2 aromatic rings. The Bertz CT molecular complexity index is 881. The lowest BCUT2D eigenvalue weighted by Crippen LogP contribution is -2.22. The lowest BCUT2D eigenvalue weighted by Gasteiger charge is -2.14. The predicted molar refractivity (Wildman–Crippen MR) is 101 cm³/mol. The van der Waals surface area contributed by atoms with Gasteiger partial charge in [0, 0.05) is 12.3 Å². The number of hydrogen-bond donors (Lipinski definition) is 2. The Balaban J connectivity index is 1.73. The van der Waals surface area contributed by atoms with Crippen molar-refractivity contribution < 1.29 is 17.9 Å². The molecule has 3 rings (SSSR count). The zero-order chi connectivity index (χ0) is 18.7. The van der Waals surface area contributed by atoms with Crippen molar-refractivity contribution in [2.45, 2.75) is 25.2 Å². The van der Waals surface area contributed by atoms with Crippen LogP contribution in [0.15, 0.2) is 47.4 Å². The summed E-state index contributed by atoms with van der Waals surface area (Å²) >= 11 is 0. The van der Waals surface area contributed by atoms with E-state index >= 15 is 0 Å². The van der Waals surface area contributed by atoms with Gasteiger partial charge in [-0.2, -0.15) is 0 Å². The van der Waals surface area contributed by atoms with Crippen LogP contribution in [0.1, 0.15) is 17.5 Å². The Kier molecular flexibility index (Phi) is 5.29. The van der Waals surface area contributed by atoms with Gasteiger partial charge in [-0.25, -0.2) is 8.42 Å². The lowest BCUT2D eigenvalue weighted by molar-refractivity contribution is -0.119. The molecule has 1 aliphatic heterocycles. The number of aryl methyl sites for hydroxylation is 2.